The fraction of sp³-hybridized carbons (Fsp3) is 0.280. The van der Waals surface area contributed by atoms with E-state index in [1.54, 1.807) is 30.1 Å². The lowest BCUT2D eigenvalue weighted by Crippen LogP contribution is -2.53. The van der Waals surface area contributed by atoms with Crippen LogP contribution in [0.3, 0.4) is 0 Å². The van der Waals surface area contributed by atoms with Gasteiger partial charge in [-0.15, -0.1) is 0 Å². The average Bonchev–Trinajstić information content (AvgIpc) is 2.97. The highest BCUT2D eigenvalue weighted by atomic mass is 35.5. The quantitative estimate of drug-likeness (QED) is 0.695. The second-order valence-corrected chi connectivity index (χ2v) is 9.87. The van der Waals surface area contributed by atoms with E-state index in [0.29, 0.717) is 39.8 Å². The van der Waals surface area contributed by atoms with Crippen LogP contribution in [0.4, 0.5) is 11.5 Å². The smallest absolute Gasteiger partial charge is 0.247 e. The molecule has 3 heterocycles. The van der Waals surface area contributed by atoms with Gasteiger partial charge in [0.05, 0.1) is 10.6 Å². The van der Waals surface area contributed by atoms with Crippen LogP contribution in [0.1, 0.15) is 32.3 Å². The van der Waals surface area contributed by atoms with Crippen LogP contribution in [0.5, 0.6) is 0 Å². The van der Waals surface area contributed by atoms with Crippen molar-refractivity contribution in [3.05, 3.63) is 75.8 Å². The maximum Gasteiger partial charge on any atom is 0.247 e. The number of aromatic nitrogens is 1. The maximum absolute atomic E-state index is 14.0. The summed E-state index contributed by atoms with van der Waals surface area (Å²) in [5.41, 5.74) is 6.92. The molecule has 0 saturated carbocycles. The van der Waals surface area contributed by atoms with Crippen LogP contribution in [0.2, 0.25) is 5.02 Å². The molecule has 1 aromatic heterocycles. The summed E-state index contributed by atoms with van der Waals surface area (Å²) >= 11 is 6.05. The number of hydrogen-bond donors (Lipinski definition) is 1. The normalized spacial score (nSPS) is 23.7. The van der Waals surface area contributed by atoms with Crippen LogP contribution < -0.4 is 15.5 Å². The monoisotopic (exact) mass is 459 g/mol. The molecule has 1 atom stereocenters. The Morgan fingerprint density at radius 3 is 2.55 bits per heavy atom. The Bertz CT molecular complexity index is 1340. The van der Waals surface area contributed by atoms with E-state index in [2.05, 4.69) is 11.1 Å². The first kappa shape index (κ1) is 21.2. The van der Waals surface area contributed by atoms with E-state index in [0.717, 1.165) is 0 Å². The van der Waals surface area contributed by atoms with Crippen molar-refractivity contribution in [1.29, 1.82) is 5.26 Å². The predicted octanol–water partition coefficient (Wildman–Crippen LogP) is 3.81. The molecule has 1 aliphatic carbocycles. The maximum atomic E-state index is 14.0. The van der Waals surface area contributed by atoms with Crippen molar-refractivity contribution < 1.29 is 9.59 Å². The largest absolute Gasteiger partial charge is 0.384 e. The molecular formula is C25H22ClN5O2. The van der Waals surface area contributed by atoms with E-state index in [9.17, 15) is 14.9 Å². The third-order valence-electron chi connectivity index (χ3n) is 6.72. The first-order chi connectivity index (χ1) is 15.6. The molecule has 2 aromatic rings. The molecule has 5 rings (SSSR count). The van der Waals surface area contributed by atoms with Crippen LogP contribution in [-0.4, -0.2) is 23.7 Å². The number of nitrogens with zero attached hydrogens (tertiary/aromatic N) is 4. The molecule has 2 aliphatic heterocycles. The lowest BCUT2D eigenvalue weighted by atomic mass is 9.61. The molecule has 0 saturated heterocycles. The number of nitrogens with two attached hydrogens (primary N) is 1. The van der Waals surface area contributed by atoms with Gasteiger partial charge in [0.15, 0.2) is 5.78 Å². The summed E-state index contributed by atoms with van der Waals surface area (Å²) in [6.45, 7) is 4.01. The number of amides is 1. The summed E-state index contributed by atoms with van der Waals surface area (Å²) < 4.78 is 0. The average molecular weight is 460 g/mol. The Hall–Kier alpha value is -3.63. The number of nitriles is 1. The molecule has 2 N–H and O–H groups in total. The summed E-state index contributed by atoms with van der Waals surface area (Å²) in [6.07, 6.45) is 2.23. The fourth-order valence-electron chi connectivity index (χ4n) is 5.42. The second kappa shape index (κ2) is 6.93. The van der Waals surface area contributed by atoms with E-state index in [1.807, 2.05) is 32.0 Å². The van der Waals surface area contributed by atoms with Gasteiger partial charge in [-0.3, -0.25) is 14.5 Å². The second-order valence-electron chi connectivity index (χ2n) is 9.44. The number of allylic oxidation sites excluding steroid dienone is 1. The van der Waals surface area contributed by atoms with E-state index < -0.39 is 5.41 Å². The minimum Gasteiger partial charge on any atom is -0.384 e. The Labute approximate surface area is 196 Å². The Morgan fingerprint density at radius 2 is 1.88 bits per heavy atom. The Balaban J connectivity index is 1.91. The zero-order valence-corrected chi connectivity index (χ0v) is 19.3. The van der Waals surface area contributed by atoms with Crippen LogP contribution in [-0.2, 0) is 15.0 Å². The summed E-state index contributed by atoms with van der Waals surface area (Å²) in [7, 11) is 1.66. The number of rotatable bonds is 1. The number of benzene rings is 1. The van der Waals surface area contributed by atoms with Crippen LogP contribution >= 0.6 is 11.6 Å². The topological polar surface area (TPSA) is 103 Å². The third kappa shape index (κ3) is 2.71. The van der Waals surface area contributed by atoms with E-state index in [1.165, 1.54) is 11.1 Å². The van der Waals surface area contributed by atoms with Crippen LogP contribution in [0, 0.1) is 16.7 Å². The first-order valence-electron chi connectivity index (χ1n) is 10.6. The van der Waals surface area contributed by atoms with Crippen molar-refractivity contribution in [2.75, 3.05) is 16.8 Å². The molecule has 1 amide bonds. The first-order valence-corrected chi connectivity index (χ1v) is 11.0. The number of para-hydroxylation sites is 1. The zero-order valence-electron chi connectivity index (χ0n) is 18.5. The van der Waals surface area contributed by atoms with Crippen LogP contribution in [0.15, 0.2) is 65.3 Å². The van der Waals surface area contributed by atoms with Crippen molar-refractivity contribution in [3.63, 3.8) is 0 Å². The molecular weight excluding hydrogens is 438 g/mol. The van der Waals surface area contributed by atoms with E-state index >= 15 is 0 Å². The number of ketones is 1. The summed E-state index contributed by atoms with van der Waals surface area (Å²) in [6, 6.07) is 12.8. The van der Waals surface area contributed by atoms with Crippen molar-refractivity contribution in [2.24, 2.45) is 11.1 Å². The van der Waals surface area contributed by atoms with Gasteiger partial charge in [-0.2, -0.15) is 5.26 Å². The summed E-state index contributed by atoms with van der Waals surface area (Å²) in [5, 5.41) is 10.8. The lowest BCUT2D eigenvalue weighted by Gasteiger charge is -2.46. The summed E-state index contributed by atoms with van der Waals surface area (Å²) in [4.78, 5) is 35.3. The van der Waals surface area contributed by atoms with Gasteiger partial charge in [-0.25, -0.2) is 4.98 Å². The third-order valence-corrected chi connectivity index (χ3v) is 6.94. The minimum atomic E-state index is -1.57. The molecule has 8 heteroatoms. The minimum absolute atomic E-state index is 0.0351. The van der Waals surface area contributed by atoms with Gasteiger partial charge in [-0.1, -0.05) is 43.6 Å². The summed E-state index contributed by atoms with van der Waals surface area (Å²) in [5.74, 6) is 0.00555. The molecule has 3 aliphatic rings. The van der Waals surface area contributed by atoms with Gasteiger partial charge >= 0.3 is 0 Å². The molecule has 166 valence electrons. The number of hydrogen-bond acceptors (Lipinski definition) is 6. The molecule has 1 aromatic carbocycles. The van der Waals surface area contributed by atoms with Crippen molar-refractivity contribution >= 4 is 34.8 Å². The number of carbonyl (C=O) groups excluding carboxylic acids is 2. The Kier molecular flexibility index (Phi) is 4.46. The van der Waals surface area contributed by atoms with Crippen LogP contribution in [0.25, 0.3) is 0 Å². The SMILES string of the molecule is CN1C(=O)[C@@]2(C(C#N)=C(N)N(c3ccc(Cl)cn3)C3=C2C(=O)CC(C)(C)C3)c2ccccc21. The number of anilines is 2. The number of Topliss-reactive ketones (excluding diaryl/α,β-unsaturated/α-hetero) is 1. The molecule has 0 bridgehead atoms. The number of carbonyl (C=O) groups is 2. The fourth-order valence-corrected chi connectivity index (χ4v) is 5.54. The number of pyridine rings is 1. The van der Waals surface area contributed by atoms with Crippen molar-refractivity contribution in [1.82, 2.24) is 4.98 Å². The molecule has 0 fully saturated rings. The Morgan fingerprint density at radius 1 is 1.15 bits per heavy atom. The van der Waals surface area contributed by atoms with Crippen molar-refractivity contribution in [2.45, 2.75) is 32.1 Å². The number of fused-ring (bicyclic) bond motifs is 3. The molecule has 33 heavy (non-hydrogen) atoms. The van der Waals surface area contributed by atoms with Gasteiger partial charge in [0.25, 0.3) is 0 Å². The molecule has 7 nitrogen and oxygen atoms in total. The predicted molar refractivity (Wildman–Crippen MR) is 125 cm³/mol. The number of likely N-dealkylation sites (N-methyl/N-ethyl adjacent to an activating group) is 1. The molecule has 0 unspecified atom stereocenters. The lowest BCUT2D eigenvalue weighted by molar-refractivity contribution is -0.124. The van der Waals surface area contributed by atoms with Gasteiger partial charge in [0.1, 0.15) is 23.1 Å². The van der Waals surface area contributed by atoms with Gasteiger partial charge in [0.2, 0.25) is 5.91 Å². The van der Waals surface area contributed by atoms with Gasteiger partial charge < -0.3 is 10.6 Å². The zero-order chi connectivity index (χ0) is 23.7. The van der Waals surface area contributed by atoms with E-state index in [4.69, 9.17) is 17.3 Å². The highest BCUT2D eigenvalue weighted by Gasteiger charge is 2.62. The van der Waals surface area contributed by atoms with E-state index in [-0.39, 0.29) is 34.9 Å². The number of halogens is 1. The highest BCUT2D eigenvalue weighted by molar-refractivity contribution is 6.30. The van der Waals surface area contributed by atoms with Gasteiger partial charge in [-0.05, 0) is 30.0 Å². The van der Waals surface area contributed by atoms with Crippen molar-refractivity contribution in [3.8, 4) is 6.07 Å². The molecule has 0 radical (unpaired) electrons. The molecule has 1 spiro atoms. The van der Waals surface area contributed by atoms with Gasteiger partial charge in [0, 0.05) is 42.2 Å². The standard InChI is InChI=1S/C25H22ClN5O2/c1-24(2)10-18-21(19(32)11-24)25(15-6-4-5-7-17(15)30(3)23(25)33)16(12-27)22(28)31(18)20-9-8-14(26)13-29-20/h4-9,13H,10-11,28H2,1-3H3/t25-/m1/s1. The highest BCUT2D eigenvalue weighted by Crippen LogP contribution is 2.57.